The lowest BCUT2D eigenvalue weighted by atomic mass is 9.91. The van der Waals surface area contributed by atoms with Gasteiger partial charge in [0.05, 0.1) is 6.10 Å². The third-order valence-electron chi connectivity index (χ3n) is 4.79. The van der Waals surface area contributed by atoms with E-state index in [9.17, 15) is 14.4 Å². The summed E-state index contributed by atoms with van der Waals surface area (Å²) in [5, 5.41) is 5.39. The summed E-state index contributed by atoms with van der Waals surface area (Å²) in [5.41, 5.74) is -0.716. The number of rotatable bonds is 8. The zero-order valence-corrected chi connectivity index (χ0v) is 16.9. The third-order valence-corrected chi connectivity index (χ3v) is 4.79. The molecule has 29 heavy (non-hydrogen) atoms. The van der Waals surface area contributed by atoms with Crippen LogP contribution in [0.4, 0.5) is 4.79 Å². The largest absolute Gasteiger partial charge is 0.486 e. The standard InChI is InChI=1S/C20H27N3O6/c1-13(2)27-8-4-7-21-17(24)12-23-18(25)20(3,22-19(23)26)14-5-6-15-16(11-14)29-10-9-28-15/h5-6,11,13H,4,7-10,12H2,1-3H3,(H,21,24)(H,22,26)/t20-/m1/s1. The highest BCUT2D eigenvalue weighted by atomic mass is 16.6. The van der Waals surface area contributed by atoms with Gasteiger partial charge in [-0.05, 0) is 44.9 Å². The summed E-state index contributed by atoms with van der Waals surface area (Å²) >= 11 is 0. The molecule has 3 rings (SSSR count). The Morgan fingerprint density at radius 1 is 1.28 bits per heavy atom. The number of nitrogens with zero attached hydrogens (tertiary/aromatic N) is 1. The van der Waals surface area contributed by atoms with Gasteiger partial charge in [0.2, 0.25) is 5.91 Å². The Hall–Kier alpha value is -2.81. The Labute approximate surface area is 169 Å². The van der Waals surface area contributed by atoms with Crippen molar-refractivity contribution < 1.29 is 28.6 Å². The summed E-state index contributed by atoms with van der Waals surface area (Å²) < 4.78 is 16.5. The highest BCUT2D eigenvalue weighted by Crippen LogP contribution is 2.36. The molecule has 0 aliphatic carbocycles. The van der Waals surface area contributed by atoms with Crippen molar-refractivity contribution in [3.8, 4) is 11.5 Å². The SMILES string of the molecule is CC(C)OCCCNC(=O)CN1C(=O)N[C@](C)(c2ccc3c(c2)OCCO3)C1=O. The van der Waals surface area contributed by atoms with E-state index in [4.69, 9.17) is 14.2 Å². The first-order valence-corrected chi connectivity index (χ1v) is 9.74. The van der Waals surface area contributed by atoms with E-state index in [0.717, 1.165) is 4.90 Å². The number of imide groups is 1. The average molecular weight is 405 g/mol. The van der Waals surface area contributed by atoms with E-state index in [1.54, 1.807) is 25.1 Å². The number of benzene rings is 1. The summed E-state index contributed by atoms with van der Waals surface area (Å²) in [4.78, 5) is 38.4. The van der Waals surface area contributed by atoms with Gasteiger partial charge in [-0.2, -0.15) is 0 Å². The van der Waals surface area contributed by atoms with E-state index in [1.165, 1.54) is 0 Å². The number of fused-ring (bicyclic) bond motifs is 1. The van der Waals surface area contributed by atoms with Crippen LogP contribution in [0.5, 0.6) is 11.5 Å². The van der Waals surface area contributed by atoms with Crippen molar-refractivity contribution in [2.75, 3.05) is 32.9 Å². The Morgan fingerprint density at radius 3 is 2.72 bits per heavy atom. The molecule has 1 aromatic rings. The molecule has 0 saturated carbocycles. The molecule has 9 nitrogen and oxygen atoms in total. The van der Waals surface area contributed by atoms with Crippen LogP contribution < -0.4 is 20.1 Å². The first-order chi connectivity index (χ1) is 13.8. The minimum atomic E-state index is -1.28. The molecule has 1 fully saturated rings. The van der Waals surface area contributed by atoms with Gasteiger partial charge in [0.15, 0.2) is 11.5 Å². The number of hydrogen-bond acceptors (Lipinski definition) is 6. The van der Waals surface area contributed by atoms with Crippen molar-refractivity contribution in [2.45, 2.75) is 38.8 Å². The lowest BCUT2D eigenvalue weighted by Gasteiger charge is -2.25. The van der Waals surface area contributed by atoms with Gasteiger partial charge >= 0.3 is 6.03 Å². The summed E-state index contributed by atoms with van der Waals surface area (Å²) in [6.45, 7) is 6.98. The first-order valence-electron chi connectivity index (χ1n) is 9.74. The molecule has 0 unspecified atom stereocenters. The minimum absolute atomic E-state index is 0.134. The van der Waals surface area contributed by atoms with Crippen LogP contribution in [0.15, 0.2) is 18.2 Å². The van der Waals surface area contributed by atoms with Gasteiger partial charge in [-0.1, -0.05) is 6.07 Å². The van der Waals surface area contributed by atoms with Gasteiger partial charge in [0.25, 0.3) is 5.91 Å². The minimum Gasteiger partial charge on any atom is -0.486 e. The summed E-state index contributed by atoms with van der Waals surface area (Å²) in [7, 11) is 0. The zero-order valence-electron chi connectivity index (χ0n) is 16.9. The topological polar surface area (TPSA) is 106 Å². The number of carbonyl (C=O) groups excluding carboxylic acids is 3. The van der Waals surface area contributed by atoms with Gasteiger partial charge in [-0.15, -0.1) is 0 Å². The van der Waals surface area contributed by atoms with Crippen molar-refractivity contribution in [3.05, 3.63) is 23.8 Å². The van der Waals surface area contributed by atoms with Gasteiger partial charge in [-0.3, -0.25) is 14.5 Å². The molecule has 0 radical (unpaired) electrons. The highest BCUT2D eigenvalue weighted by Gasteiger charge is 2.49. The van der Waals surface area contributed by atoms with E-state index in [2.05, 4.69) is 10.6 Å². The maximum atomic E-state index is 13.0. The van der Waals surface area contributed by atoms with Crippen LogP contribution in [0.1, 0.15) is 32.8 Å². The first kappa shape index (κ1) is 20.9. The molecule has 9 heteroatoms. The number of hydrogen-bond donors (Lipinski definition) is 2. The Morgan fingerprint density at radius 2 is 2.00 bits per heavy atom. The molecule has 2 N–H and O–H groups in total. The number of urea groups is 1. The number of ether oxygens (including phenoxy) is 3. The van der Waals surface area contributed by atoms with E-state index < -0.39 is 23.4 Å². The fourth-order valence-corrected chi connectivity index (χ4v) is 3.21. The second kappa shape index (κ2) is 8.69. The van der Waals surface area contributed by atoms with Crippen LogP contribution in [-0.4, -0.2) is 61.8 Å². The van der Waals surface area contributed by atoms with Crippen molar-refractivity contribution in [2.24, 2.45) is 0 Å². The van der Waals surface area contributed by atoms with Crippen LogP contribution >= 0.6 is 0 Å². The van der Waals surface area contributed by atoms with Gasteiger partial charge in [0.1, 0.15) is 25.3 Å². The number of carbonyl (C=O) groups is 3. The number of nitrogens with one attached hydrogen (secondary N) is 2. The summed E-state index contributed by atoms with van der Waals surface area (Å²) in [5.74, 6) is 0.233. The fraction of sp³-hybridized carbons (Fsp3) is 0.550. The zero-order chi connectivity index (χ0) is 21.0. The molecule has 4 amide bonds. The van der Waals surface area contributed by atoms with Crippen molar-refractivity contribution in [1.29, 1.82) is 0 Å². The second-order valence-electron chi connectivity index (χ2n) is 7.43. The summed E-state index contributed by atoms with van der Waals surface area (Å²) in [6, 6.07) is 4.50. The average Bonchev–Trinajstić information content (AvgIpc) is 2.91. The molecule has 2 heterocycles. The predicted octanol–water partition coefficient (Wildman–Crippen LogP) is 1.16. The van der Waals surface area contributed by atoms with Crippen LogP contribution in [-0.2, 0) is 19.9 Å². The Kier molecular flexibility index (Phi) is 6.26. The van der Waals surface area contributed by atoms with E-state index >= 15 is 0 Å². The smallest absolute Gasteiger partial charge is 0.325 e. The van der Waals surface area contributed by atoms with Gasteiger partial charge in [-0.25, -0.2) is 4.79 Å². The molecule has 1 aromatic carbocycles. The van der Waals surface area contributed by atoms with Crippen molar-refractivity contribution in [3.63, 3.8) is 0 Å². The fourth-order valence-electron chi connectivity index (χ4n) is 3.21. The lowest BCUT2D eigenvalue weighted by Crippen LogP contribution is -2.43. The van der Waals surface area contributed by atoms with Crippen molar-refractivity contribution >= 4 is 17.8 Å². The molecule has 158 valence electrons. The van der Waals surface area contributed by atoms with Crippen LogP contribution in [0.2, 0.25) is 0 Å². The molecular formula is C20H27N3O6. The van der Waals surface area contributed by atoms with Crippen molar-refractivity contribution in [1.82, 2.24) is 15.5 Å². The molecule has 0 spiro atoms. The Balaban J connectivity index is 1.61. The Bertz CT molecular complexity index is 796. The third kappa shape index (κ3) is 4.61. The highest BCUT2D eigenvalue weighted by molar-refractivity contribution is 6.09. The lowest BCUT2D eigenvalue weighted by molar-refractivity contribution is -0.134. The molecule has 0 bridgehead atoms. The molecular weight excluding hydrogens is 378 g/mol. The monoisotopic (exact) mass is 405 g/mol. The molecule has 1 atom stereocenters. The van der Waals surface area contributed by atoms with Crippen LogP contribution in [0.25, 0.3) is 0 Å². The maximum absolute atomic E-state index is 13.0. The second-order valence-corrected chi connectivity index (χ2v) is 7.43. The molecule has 2 aliphatic rings. The van der Waals surface area contributed by atoms with Gasteiger partial charge < -0.3 is 24.8 Å². The van der Waals surface area contributed by atoms with E-state index in [0.29, 0.717) is 49.8 Å². The predicted molar refractivity (Wildman–Crippen MR) is 104 cm³/mol. The number of amides is 4. The summed E-state index contributed by atoms with van der Waals surface area (Å²) in [6.07, 6.45) is 0.786. The van der Waals surface area contributed by atoms with Gasteiger partial charge in [0, 0.05) is 13.2 Å². The maximum Gasteiger partial charge on any atom is 0.325 e. The molecule has 1 saturated heterocycles. The van der Waals surface area contributed by atoms with Crippen LogP contribution in [0.3, 0.4) is 0 Å². The molecule has 2 aliphatic heterocycles. The van der Waals surface area contributed by atoms with E-state index in [1.807, 2.05) is 13.8 Å². The van der Waals surface area contributed by atoms with Crippen LogP contribution in [0, 0.1) is 0 Å². The molecule has 0 aromatic heterocycles. The van der Waals surface area contributed by atoms with E-state index in [-0.39, 0.29) is 12.6 Å². The normalized spacial score (nSPS) is 20.8. The quantitative estimate of drug-likeness (QED) is 0.497.